The monoisotopic (exact) mass is 276 g/mol. The van der Waals surface area contributed by atoms with Crippen LogP contribution in [0.4, 0.5) is 0 Å². The molecule has 1 aliphatic carbocycles. The lowest BCUT2D eigenvalue weighted by molar-refractivity contribution is -0.408. The Morgan fingerprint density at radius 2 is 2.11 bits per heavy atom. The van der Waals surface area contributed by atoms with E-state index in [-0.39, 0.29) is 11.7 Å². The van der Waals surface area contributed by atoms with Crippen LogP contribution < -0.4 is 0 Å². The van der Waals surface area contributed by atoms with E-state index in [4.69, 9.17) is 9.78 Å². The molecule has 3 atom stereocenters. The van der Waals surface area contributed by atoms with Gasteiger partial charge in [-0.3, -0.25) is 0 Å². The third-order valence-corrected chi connectivity index (χ3v) is 5.54. The van der Waals surface area contributed by atoms with E-state index in [0.717, 1.165) is 18.6 Å². The molecule has 2 aliphatic rings. The third-order valence-electron chi connectivity index (χ3n) is 4.22. The molecule has 2 nitrogen and oxygen atoms in total. The minimum absolute atomic E-state index is 0.175. The van der Waals surface area contributed by atoms with Gasteiger partial charge in [0.1, 0.15) is 11.7 Å². The molecule has 0 radical (unpaired) electrons. The van der Waals surface area contributed by atoms with E-state index in [1.165, 1.54) is 10.5 Å². The van der Waals surface area contributed by atoms with Crippen molar-refractivity contribution in [2.75, 3.05) is 5.75 Å². The van der Waals surface area contributed by atoms with Gasteiger partial charge in [0, 0.05) is 10.6 Å². The first-order chi connectivity index (χ1) is 9.17. The average Bonchev–Trinajstić information content (AvgIpc) is 2.45. The lowest BCUT2D eigenvalue weighted by Gasteiger charge is -2.45. The Kier molecular flexibility index (Phi) is 3.70. The van der Waals surface area contributed by atoms with Gasteiger partial charge in [-0.1, -0.05) is 24.3 Å². The fourth-order valence-electron chi connectivity index (χ4n) is 2.74. The number of hydrogen-bond acceptors (Lipinski definition) is 3. The molecule has 2 unspecified atom stereocenters. The minimum atomic E-state index is -0.186. The van der Waals surface area contributed by atoms with E-state index in [2.05, 4.69) is 44.2 Å². The van der Waals surface area contributed by atoms with E-state index in [1.807, 2.05) is 17.8 Å². The molecule has 102 valence electrons. The highest BCUT2D eigenvalue weighted by molar-refractivity contribution is 7.99. The first-order valence-electron chi connectivity index (χ1n) is 6.86. The zero-order chi connectivity index (χ0) is 13.3. The van der Waals surface area contributed by atoms with Gasteiger partial charge in [0.25, 0.3) is 0 Å². The summed E-state index contributed by atoms with van der Waals surface area (Å²) in [4.78, 5) is 12.6. The summed E-state index contributed by atoms with van der Waals surface area (Å²) in [5.41, 5.74) is 1.13. The van der Waals surface area contributed by atoms with Crippen LogP contribution in [0.2, 0.25) is 0 Å². The molecule has 0 spiro atoms. The topological polar surface area (TPSA) is 18.5 Å². The molecule has 0 N–H and O–H groups in total. The van der Waals surface area contributed by atoms with Crippen LogP contribution in [0.5, 0.6) is 0 Å². The van der Waals surface area contributed by atoms with Crippen molar-refractivity contribution in [3.05, 3.63) is 42.0 Å². The second-order valence-electron chi connectivity index (χ2n) is 5.70. The molecule has 0 amide bonds. The van der Waals surface area contributed by atoms with Crippen LogP contribution in [0.15, 0.2) is 46.9 Å². The summed E-state index contributed by atoms with van der Waals surface area (Å²) >= 11 is 1.85. The van der Waals surface area contributed by atoms with Gasteiger partial charge in [0.05, 0.1) is 0 Å². The largest absolute Gasteiger partial charge is 0.229 e. The molecular formula is C16H20O2S. The Balaban J connectivity index is 1.67. The number of fused-ring (bicyclic) bond motifs is 2. The second kappa shape index (κ2) is 5.31. The highest BCUT2D eigenvalue weighted by atomic mass is 32.2. The SMILES string of the molecule is CC1=CCC2CC1OO[C@@]2(C)CSc1ccccc1. The Bertz CT molecular complexity index is 471. The van der Waals surface area contributed by atoms with Crippen LogP contribution in [-0.2, 0) is 9.78 Å². The van der Waals surface area contributed by atoms with Crippen molar-refractivity contribution >= 4 is 11.8 Å². The van der Waals surface area contributed by atoms with Crippen molar-refractivity contribution in [2.24, 2.45) is 5.92 Å². The quantitative estimate of drug-likeness (QED) is 0.468. The van der Waals surface area contributed by atoms with Crippen LogP contribution >= 0.6 is 11.8 Å². The minimum Gasteiger partial charge on any atom is -0.229 e. The number of allylic oxidation sites excluding steroid dienone is 1. The summed E-state index contributed by atoms with van der Waals surface area (Å²) in [5.74, 6) is 1.49. The predicted molar refractivity (Wildman–Crippen MR) is 78.0 cm³/mol. The lowest BCUT2D eigenvalue weighted by atomic mass is 9.77. The van der Waals surface area contributed by atoms with E-state index in [0.29, 0.717) is 5.92 Å². The maximum Gasteiger partial charge on any atom is 0.114 e. The standard InChI is InChI=1S/C16H20O2S/c1-12-8-9-13-10-15(12)17-18-16(13,2)11-19-14-6-4-3-5-7-14/h3-8,13,15H,9-11H2,1-2H3/t13?,15?,16-/m0/s1. The molecule has 0 aromatic heterocycles. The molecule has 1 aromatic rings. The summed E-state index contributed by atoms with van der Waals surface area (Å²) in [5, 5.41) is 0. The van der Waals surface area contributed by atoms with Crippen molar-refractivity contribution in [3.8, 4) is 0 Å². The summed E-state index contributed by atoms with van der Waals surface area (Å²) < 4.78 is 0. The molecule has 2 bridgehead atoms. The van der Waals surface area contributed by atoms with E-state index < -0.39 is 0 Å². The van der Waals surface area contributed by atoms with Gasteiger partial charge in [0.2, 0.25) is 0 Å². The first-order valence-corrected chi connectivity index (χ1v) is 7.85. The summed E-state index contributed by atoms with van der Waals surface area (Å²) in [6.07, 6.45) is 4.69. The molecule has 1 heterocycles. The molecule has 0 saturated carbocycles. The zero-order valence-electron chi connectivity index (χ0n) is 11.5. The molecular weight excluding hydrogens is 256 g/mol. The van der Waals surface area contributed by atoms with Gasteiger partial charge >= 0.3 is 0 Å². The zero-order valence-corrected chi connectivity index (χ0v) is 12.3. The Morgan fingerprint density at radius 3 is 2.89 bits per heavy atom. The summed E-state index contributed by atoms with van der Waals surface area (Å²) in [7, 11) is 0. The lowest BCUT2D eigenvalue weighted by Crippen LogP contribution is -2.49. The summed E-state index contributed by atoms with van der Waals surface area (Å²) in [6, 6.07) is 10.5. The van der Waals surface area contributed by atoms with Crippen LogP contribution in [0, 0.1) is 5.92 Å². The van der Waals surface area contributed by atoms with Crippen molar-refractivity contribution in [1.82, 2.24) is 0 Å². The van der Waals surface area contributed by atoms with Crippen LogP contribution in [-0.4, -0.2) is 17.5 Å². The van der Waals surface area contributed by atoms with Crippen molar-refractivity contribution in [1.29, 1.82) is 0 Å². The maximum absolute atomic E-state index is 5.76. The first kappa shape index (κ1) is 13.2. The third kappa shape index (κ3) is 2.73. The fourth-order valence-corrected chi connectivity index (χ4v) is 3.82. The Hall–Kier alpha value is -0.770. The number of thioether (sulfide) groups is 1. The Labute approximate surface area is 119 Å². The average molecular weight is 276 g/mol. The van der Waals surface area contributed by atoms with Gasteiger partial charge in [-0.2, -0.15) is 0 Å². The normalized spacial score (nSPS) is 33.9. The second-order valence-corrected chi connectivity index (χ2v) is 6.75. The Morgan fingerprint density at radius 1 is 1.32 bits per heavy atom. The summed E-state index contributed by atoms with van der Waals surface area (Å²) in [6.45, 7) is 4.31. The highest BCUT2D eigenvalue weighted by Crippen LogP contribution is 2.43. The van der Waals surface area contributed by atoms with E-state index in [1.54, 1.807) is 0 Å². The fraction of sp³-hybridized carbons (Fsp3) is 0.500. The highest BCUT2D eigenvalue weighted by Gasteiger charge is 2.44. The van der Waals surface area contributed by atoms with Gasteiger partial charge < -0.3 is 0 Å². The van der Waals surface area contributed by atoms with Gasteiger partial charge in [0.15, 0.2) is 0 Å². The molecule has 19 heavy (non-hydrogen) atoms. The molecule has 3 heteroatoms. The molecule has 3 rings (SSSR count). The number of rotatable bonds is 3. The van der Waals surface area contributed by atoms with Crippen molar-refractivity contribution in [2.45, 2.75) is 43.3 Å². The van der Waals surface area contributed by atoms with Crippen LogP contribution in [0.1, 0.15) is 26.7 Å². The predicted octanol–water partition coefficient (Wildman–Crippen LogP) is 4.22. The van der Waals surface area contributed by atoms with Crippen LogP contribution in [0.3, 0.4) is 0 Å². The molecule has 1 saturated heterocycles. The van der Waals surface area contributed by atoms with Gasteiger partial charge in [-0.25, -0.2) is 9.78 Å². The van der Waals surface area contributed by atoms with Gasteiger partial charge in [-0.05, 0) is 50.3 Å². The smallest absolute Gasteiger partial charge is 0.114 e. The molecule has 1 aliphatic heterocycles. The molecule has 1 aromatic carbocycles. The maximum atomic E-state index is 5.76. The van der Waals surface area contributed by atoms with Crippen molar-refractivity contribution < 1.29 is 9.78 Å². The number of benzene rings is 1. The van der Waals surface area contributed by atoms with Crippen molar-refractivity contribution in [3.63, 3.8) is 0 Å². The van der Waals surface area contributed by atoms with E-state index >= 15 is 0 Å². The van der Waals surface area contributed by atoms with Crippen LogP contribution in [0.25, 0.3) is 0 Å². The molecule has 1 fully saturated rings. The number of hydrogen-bond donors (Lipinski definition) is 0. The van der Waals surface area contributed by atoms with Gasteiger partial charge in [-0.15, -0.1) is 11.8 Å². The van der Waals surface area contributed by atoms with E-state index in [9.17, 15) is 0 Å².